The van der Waals surface area contributed by atoms with Gasteiger partial charge in [-0.2, -0.15) is 5.26 Å². The number of nitrogens with zero attached hydrogens (tertiary/aromatic N) is 1. The van der Waals surface area contributed by atoms with Crippen LogP contribution in [0.3, 0.4) is 0 Å². The topological polar surface area (TPSA) is 53.2 Å². The zero-order chi connectivity index (χ0) is 15.2. The second-order valence-corrected chi connectivity index (χ2v) is 7.97. The van der Waals surface area contributed by atoms with Crippen LogP contribution in [0.4, 0.5) is 0 Å². The van der Waals surface area contributed by atoms with Crippen LogP contribution in [-0.2, 0) is 4.74 Å². The van der Waals surface area contributed by atoms with Gasteiger partial charge >= 0.3 is 0 Å². The van der Waals surface area contributed by atoms with Crippen molar-refractivity contribution in [2.75, 3.05) is 0 Å². The third-order valence-electron chi connectivity index (χ3n) is 5.65. The molecule has 2 fully saturated rings. The first-order chi connectivity index (χ1) is 9.11. The molecule has 1 aliphatic carbocycles. The summed E-state index contributed by atoms with van der Waals surface area (Å²) in [5.41, 5.74) is -2.78. The lowest BCUT2D eigenvalue weighted by molar-refractivity contribution is -0.175. The minimum absolute atomic E-state index is 0.374. The lowest BCUT2D eigenvalue weighted by Crippen LogP contribution is -2.59. The van der Waals surface area contributed by atoms with Crippen LogP contribution in [0.25, 0.3) is 0 Å². The Morgan fingerprint density at radius 1 is 1.30 bits per heavy atom. The van der Waals surface area contributed by atoms with Crippen molar-refractivity contribution in [1.29, 1.82) is 5.26 Å². The molecule has 1 saturated heterocycles. The number of rotatable bonds is 2. The lowest BCUT2D eigenvalue weighted by atomic mass is 9.56. The number of nitriles is 1. The molecule has 0 amide bonds. The molecule has 3 atom stereocenters. The fourth-order valence-electron chi connectivity index (χ4n) is 4.69. The Morgan fingerprint density at radius 2 is 1.95 bits per heavy atom. The highest BCUT2D eigenvalue weighted by Crippen LogP contribution is 2.59. The second kappa shape index (κ2) is 4.71. The van der Waals surface area contributed by atoms with Crippen molar-refractivity contribution < 1.29 is 9.84 Å². The maximum Gasteiger partial charge on any atom is 0.114 e. The molecule has 0 aromatic heterocycles. The number of hydrogen-bond acceptors (Lipinski definition) is 3. The Hall–Kier alpha value is -0.590. The van der Waals surface area contributed by atoms with Gasteiger partial charge in [0.05, 0.1) is 22.7 Å². The van der Waals surface area contributed by atoms with Crippen LogP contribution >= 0.6 is 0 Å². The minimum Gasteiger partial charge on any atom is -0.385 e. The van der Waals surface area contributed by atoms with E-state index in [9.17, 15) is 10.4 Å². The molecule has 1 saturated carbocycles. The van der Waals surface area contributed by atoms with Crippen molar-refractivity contribution in [3.63, 3.8) is 0 Å². The van der Waals surface area contributed by atoms with Gasteiger partial charge in [0.25, 0.3) is 0 Å². The van der Waals surface area contributed by atoms with Crippen LogP contribution in [0.15, 0.2) is 0 Å². The highest BCUT2D eigenvalue weighted by Gasteiger charge is 2.67. The standard InChI is InChI=1S/C17H29NO2/c1-6-13-8-7-9-16(10-13,12-18)17(19)11-14(2,3)20-15(17,4)5/h13,19H,6-11H2,1-5H3. The van der Waals surface area contributed by atoms with E-state index in [1.165, 1.54) is 6.42 Å². The highest BCUT2D eigenvalue weighted by atomic mass is 16.5. The van der Waals surface area contributed by atoms with Gasteiger partial charge < -0.3 is 9.84 Å². The van der Waals surface area contributed by atoms with Gasteiger partial charge in [-0.25, -0.2) is 0 Å². The van der Waals surface area contributed by atoms with Gasteiger partial charge in [0, 0.05) is 6.42 Å². The maximum absolute atomic E-state index is 11.5. The van der Waals surface area contributed by atoms with E-state index in [-0.39, 0.29) is 5.60 Å². The molecule has 3 unspecified atom stereocenters. The van der Waals surface area contributed by atoms with Gasteiger partial charge in [0.15, 0.2) is 0 Å². The van der Waals surface area contributed by atoms with E-state index in [0.29, 0.717) is 12.3 Å². The molecule has 2 rings (SSSR count). The predicted molar refractivity (Wildman–Crippen MR) is 79.1 cm³/mol. The van der Waals surface area contributed by atoms with Gasteiger partial charge in [-0.3, -0.25) is 0 Å². The number of ether oxygens (including phenoxy) is 1. The molecular formula is C17H29NO2. The zero-order valence-corrected chi connectivity index (χ0v) is 13.6. The van der Waals surface area contributed by atoms with Crippen molar-refractivity contribution in [3.8, 4) is 6.07 Å². The minimum atomic E-state index is -1.06. The Labute approximate surface area is 123 Å². The summed E-state index contributed by atoms with van der Waals surface area (Å²) in [6.45, 7) is 10.1. The van der Waals surface area contributed by atoms with Gasteiger partial charge in [-0.1, -0.05) is 26.2 Å². The molecule has 114 valence electrons. The van der Waals surface area contributed by atoms with Crippen LogP contribution < -0.4 is 0 Å². The third-order valence-corrected chi connectivity index (χ3v) is 5.65. The molecule has 1 aliphatic heterocycles. The summed E-state index contributed by atoms with van der Waals surface area (Å²) in [6.07, 6.45) is 5.44. The Morgan fingerprint density at radius 3 is 2.40 bits per heavy atom. The summed E-state index contributed by atoms with van der Waals surface area (Å²) in [5, 5.41) is 21.4. The summed E-state index contributed by atoms with van der Waals surface area (Å²) in [6, 6.07) is 2.53. The molecule has 20 heavy (non-hydrogen) atoms. The second-order valence-electron chi connectivity index (χ2n) is 7.97. The van der Waals surface area contributed by atoms with E-state index in [1.807, 2.05) is 27.7 Å². The molecule has 0 aromatic carbocycles. The van der Waals surface area contributed by atoms with Crippen LogP contribution in [0.2, 0.25) is 0 Å². The van der Waals surface area contributed by atoms with Crippen molar-refractivity contribution in [2.45, 2.75) is 89.9 Å². The Kier molecular flexibility index (Phi) is 3.72. The maximum atomic E-state index is 11.5. The summed E-state index contributed by atoms with van der Waals surface area (Å²) < 4.78 is 6.10. The van der Waals surface area contributed by atoms with E-state index in [4.69, 9.17) is 4.74 Å². The Balaban J connectivity index is 2.43. The molecule has 0 spiro atoms. The lowest BCUT2D eigenvalue weighted by Gasteiger charge is -2.50. The summed E-state index contributed by atoms with van der Waals surface area (Å²) in [7, 11) is 0. The first-order valence-corrected chi connectivity index (χ1v) is 7.95. The fraction of sp³-hybridized carbons (Fsp3) is 0.941. The Bertz CT molecular complexity index is 423. The van der Waals surface area contributed by atoms with Gasteiger partial charge in [0.1, 0.15) is 5.60 Å². The molecule has 0 radical (unpaired) electrons. The SMILES string of the molecule is CCC1CCCC(C#N)(C2(O)CC(C)(C)OC2(C)C)C1. The van der Waals surface area contributed by atoms with E-state index in [1.54, 1.807) is 0 Å². The quantitative estimate of drug-likeness (QED) is 0.836. The van der Waals surface area contributed by atoms with E-state index in [2.05, 4.69) is 13.0 Å². The van der Waals surface area contributed by atoms with E-state index in [0.717, 1.165) is 25.7 Å². The summed E-state index contributed by atoms with van der Waals surface area (Å²) in [5.74, 6) is 0.548. The average molecular weight is 279 g/mol. The monoisotopic (exact) mass is 279 g/mol. The number of aliphatic hydroxyl groups is 1. The van der Waals surface area contributed by atoms with Crippen molar-refractivity contribution >= 4 is 0 Å². The first-order valence-electron chi connectivity index (χ1n) is 7.95. The molecule has 0 bridgehead atoms. The molecule has 3 nitrogen and oxygen atoms in total. The average Bonchev–Trinajstić information content (AvgIpc) is 2.54. The molecule has 0 aromatic rings. The van der Waals surface area contributed by atoms with E-state index < -0.39 is 16.6 Å². The predicted octanol–water partition coefficient (Wildman–Crippen LogP) is 3.81. The molecular weight excluding hydrogens is 250 g/mol. The van der Waals surface area contributed by atoms with Crippen molar-refractivity contribution in [2.24, 2.45) is 11.3 Å². The van der Waals surface area contributed by atoms with Crippen molar-refractivity contribution in [3.05, 3.63) is 0 Å². The molecule has 2 aliphatic rings. The molecule has 1 N–H and O–H groups in total. The van der Waals surface area contributed by atoms with Crippen LogP contribution in [0, 0.1) is 22.7 Å². The summed E-state index contributed by atoms with van der Waals surface area (Å²) >= 11 is 0. The molecule has 1 heterocycles. The fourth-order valence-corrected chi connectivity index (χ4v) is 4.69. The first kappa shape index (κ1) is 15.8. The molecule has 3 heteroatoms. The van der Waals surface area contributed by atoms with Crippen LogP contribution in [0.5, 0.6) is 0 Å². The largest absolute Gasteiger partial charge is 0.385 e. The zero-order valence-electron chi connectivity index (χ0n) is 13.6. The van der Waals surface area contributed by atoms with Gasteiger partial charge in [-0.15, -0.1) is 0 Å². The van der Waals surface area contributed by atoms with E-state index >= 15 is 0 Å². The normalized spacial score (nSPS) is 43.1. The van der Waals surface area contributed by atoms with Crippen LogP contribution in [0.1, 0.15) is 73.1 Å². The summed E-state index contributed by atoms with van der Waals surface area (Å²) in [4.78, 5) is 0. The van der Waals surface area contributed by atoms with Gasteiger partial charge in [0.2, 0.25) is 0 Å². The number of hydrogen-bond donors (Lipinski definition) is 1. The van der Waals surface area contributed by atoms with Crippen molar-refractivity contribution in [1.82, 2.24) is 0 Å². The third kappa shape index (κ3) is 2.18. The van der Waals surface area contributed by atoms with Gasteiger partial charge in [-0.05, 0) is 46.5 Å². The highest BCUT2D eigenvalue weighted by molar-refractivity contribution is 5.22. The van der Waals surface area contributed by atoms with Crippen LogP contribution in [-0.4, -0.2) is 21.9 Å². The smallest absolute Gasteiger partial charge is 0.114 e.